The lowest BCUT2D eigenvalue weighted by Crippen LogP contribution is -2.17. The van der Waals surface area contributed by atoms with E-state index in [2.05, 4.69) is 17.6 Å². The minimum atomic E-state index is -0.298. The van der Waals surface area contributed by atoms with Crippen LogP contribution in [0, 0.1) is 19.7 Å². The van der Waals surface area contributed by atoms with E-state index in [-0.39, 0.29) is 17.8 Å². The van der Waals surface area contributed by atoms with Gasteiger partial charge in [0.25, 0.3) is 5.91 Å². The summed E-state index contributed by atoms with van der Waals surface area (Å²) in [4.78, 5) is 14.0. The van der Waals surface area contributed by atoms with E-state index < -0.39 is 0 Å². The second-order valence-corrected chi connectivity index (χ2v) is 8.57. The van der Waals surface area contributed by atoms with Crippen LogP contribution in [0.4, 0.5) is 15.1 Å². The highest BCUT2D eigenvalue weighted by atomic mass is 32.1. The second kappa shape index (κ2) is 9.14. The van der Waals surface area contributed by atoms with Gasteiger partial charge in [-0.05, 0) is 55.3 Å². The van der Waals surface area contributed by atoms with Crippen LogP contribution < -0.4 is 10.6 Å². The Morgan fingerprint density at radius 2 is 1.58 bits per heavy atom. The van der Waals surface area contributed by atoms with E-state index in [0.29, 0.717) is 11.3 Å². The van der Waals surface area contributed by atoms with Gasteiger partial charge < -0.3 is 10.6 Å². The predicted molar refractivity (Wildman–Crippen MR) is 126 cm³/mol. The molecule has 1 aromatic heterocycles. The number of carbonyl (C=O) groups excluding carboxylic acids is 1. The molecule has 0 aliphatic carbocycles. The molecule has 31 heavy (non-hydrogen) atoms. The molecule has 156 valence electrons. The molecule has 5 heteroatoms. The standard InChI is InChI=1S/C26H23FN2OS/c1-17-18(2)31-26(29-25(30)20-12-7-4-8-13-20)23(17)24(19-10-5-3-6-11-19)28-22-15-9-14-21(27)16-22/h3-16,24,28H,1-2H3,(H,29,30)/t24-/m0/s1. The van der Waals surface area contributed by atoms with Crippen molar-refractivity contribution in [1.82, 2.24) is 0 Å². The van der Waals surface area contributed by atoms with Crippen LogP contribution in [0.15, 0.2) is 84.9 Å². The van der Waals surface area contributed by atoms with Gasteiger partial charge in [-0.1, -0.05) is 54.6 Å². The van der Waals surface area contributed by atoms with Gasteiger partial charge in [0.05, 0.1) is 6.04 Å². The topological polar surface area (TPSA) is 41.1 Å². The highest BCUT2D eigenvalue weighted by molar-refractivity contribution is 7.16. The van der Waals surface area contributed by atoms with Gasteiger partial charge in [-0.25, -0.2) is 4.39 Å². The van der Waals surface area contributed by atoms with Crippen molar-refractivity contribution in [2.45, 2.75) is 19.9 Å². The quantitative estimate of drug-likeness (QED) is 0.347. The molecule has 2 N–H and O–H groups in total. The van der Waals surface area contributed by atoms with E-state index in [1.54, 1.807) is 29.5 Å². The van der Waals surface area contributed by atoms with Crippen LogP contribution in [0.2, 0.25) is 0 Å². The van der Waals surface area contributed by atoms with Crippen LogP contribution in [0.3, 0.4) is 0 Å². The Bertz CT molecular complexity index is 1190. The van der Waals surface area contributed by atoms with Crippen molar-refractivity contribution in [2.24, 2.45) is 0 Å². The lowest BCUT2D eigenvalue weighted by atomic mass is 9.96. The van der Waals surface area contributed by atoms with Crippen LogP contribution in [0.1, 0.15) is 38.0 Å². The maximum Gasteiger partial charge on any atom is 0.256 e. The first-order valence-corrected chi connectivity index (χ1v) is 10.9. The number of amides is 1. The summed E-state index contributed by atoms with van der Waals surface area (Å²) >= 11 is 1.55. The average Bonchev–Trinajstić information content (AvgIpc) is 3.06. The fourth-order valence-corrected chi connectivity index (χ4v) is 4.66. The Kier molecular flexibility index (Phi) is 6.14. The van der Waals surface area contributed by atoms with Crippen LogP contribution >= 0.6 is 11.3 Å². The van der Waals surface area contributed by atoms with Crippen LogP contribution in [0.5, 0.6) is 0 Å². The zero-order valence-electron chi connectivity index (χ0n) is 17.4. The summed E-state index contributed by atoms with van der Waals surface area (Å²) in [5, 5.41) is 7.37. The number of hydrogen-bond acceptors (Lipinski definition) is 3. The summed E-state index contributed by atoms with van der Waals surface area (Å²) in [5.41, 5.74) is 4.40. The third-order valence-electron chi connectivity index (χ3n) is 5.25. The number of aryl methyl sites for hydroxylation is 1. The lowest BCUT2D eigenvalue weighted by Gasteiger charge is -2.23. The molecule has 1 atom stereocenters. The summed E-state index contributed by atoms with van der Waals surface area (Å²) in [6, 6.07) is 25.3. The average molecular weight is 431 g/mol. The minimum Gasteiger partial charge on any atom is -0.374 e. The summed E-state index contributed by atoms with van der Waals surface area (Å²) in [6.45, 7) is 4.11. The van der Waals surface area contributed by atoms with Gasteiger partial charge in [0.15, 0.2) is 0 Å². The maximum atomic E-state index is 13.8. The van der Waals surface area contributed by atoms with E-state index in [1.165, 1.54) is 12.1 Å². The minimum absolute atomic E-state index is 0.152. The third-order valence-corrected chi connectivity index (χ3v) is 6.39. The zero-order valence-corrected chi connectivity index (χ0v) is 18.2. The van der Waals surface area contributed by atoms with E-state index in [4.69, 9.17) is 0 Å². The first-order valence-electron chi connectivity index (χ1n) is 10.1. The molecule has 0 saturated heterocycles. The van der Waals surface area contributed by atoms with Gasteiger partial charge in [-0.2, -0.15) is 0 Å². The van der Waals surface area contributed by atoms with Crippen molar-refractivity contribution in [3.05, 3.63) is 118 Å². The van der Waals surface area contributed by atoms with E-state index in [1.807, 2.05) is 61.5 Å². The summed E-state index contributed by atoms with van der Waals surface area (Å²) in [6.07, 6.45) is 0. The number of nitrogens with one attached hydrogen (secondary N) is 2. The SMILES string of the molecule is Cc1sc(NC(=O)c2ccccc2)c([C@@H](Nc2cccc(F)c2)c2ccccc2)c1C. The highest BCUT2D eigenvalue weighted by Crippen LogP contribution is 2.41. The van der Waals surface area contributed by atoms with Gasteiger partial charge in [0.1, 0.15) is 10.8 Å². The number of carbonyl (C=O) groups is 1. The number of thiophene rings is 1. The molecular formula is C26H23FN2OS. The monoisotopic (exact) mass is 430 g/mol. The number of rotatable bonds is 6. The molecule has 0 spiro atoms. The normalized spacial score (nSPS) is 11.7. The molecule has 0 bridgehead atoms. The summed E-state index contributed by atoms with van der Waals surface area (Å²) in [7, 11) is 0. The molecule has 0 aliphatic heterocycles. The lowest BCUT2D eigenvalue weighted by molar-refractivity contribution is 0.102. The van der Waals surface area contributed by atoms with E-state index in [0.717, 1.165) is 26.6 Å². The number of anilines is 2. The van der Waals surface area contributed by atoms with Gasteiger partial charge in [-0.15, -0.1) is 11.3 Å². The molecule has 1 heterocycles. The Labute approximate surface area is 185 Å². The van der Waals surface area contributed by atoms with Crippen molar-refractivity contribution in [3.8, 4) is 0 Å². The first kappa shape index (κ1) is 20.8. The second-order valence-electron chi connectivity index (χ2n) is 7.34. The van der Waals surface area contributed by atoms with E-state index in [9.17, 15) is 9.18 Å². The van der Waals surface area contributed by atoms with Crippen LogP contribution in [0.25, 0.3) is 0 Å². The molecule has 3 aromatic carbocycles. The fourth-order valence-electron chi connectivity index (χ4n) is 3.56. The van der Waals surface area contributed by atoms with Gasteiger partial charge in [0, 0.05) is 21.7 Å². The molecule has 0 fully saturated rings. The number of hydrogen-bond donors (Lipinski definition) is 2. The fraction of sp³-hybridized carbons (Fsp3) is 0.115. The summed E-state index contributed by atoms with van der Waals surface area (Å²) < 4.78 is 13.8. The van der Waals surface area contributed by atoms with Gasteiger partial charge in [0.2, 0.25) is 0 Å². The van der Waals surface area contributed by atoms with Crippen molar-refractivity contribution in [2.75, 3.05) is 10.6 Å². The molecule has 0 aliphatic rings. The molecule has 0 unspecified atom stereocenters. The van der Waals surface area contributed by atoms with Gasteiger partial charge >= 0.3 is 0 Å². The van der Waals surface area contributed by atoms with Crippen molar-refractivity contribution in [3.63, 3.8) is 0 Å². The zero-order chi connectivity index (χ0) is 21.8. The van der Waals surface area contributed by atoms with Crippen molar-refractivity contribution >= 4 is 27.9 Å². The number of benzene rings is 3. The van der Waals surface area contributed by atoms with Gasteiger partial charge in [-0.3, -0.25) is 4.79 Å². The molecule has 0 saturated carbocycles. The molecule has 4 aromatic rings. The smallest absolute Gasteiger partial charge is 0.256 e. The number of halogens is 1. The van der Waals surface area contributed by atoms with E-state index >= 15 is 0 Å². The maximum absolute atomic E-state index is 13.8. The summed E-state index contributed by atoms with van der Waals surface area (Å²) in [5.74, 6) is -0.451. The molecule has 4 rings (SSSR count). The highest BCUT2D eigenvalue weighted by Gasteiger charge is 2.25. The third kappa shape index (κ3) is 4.67. The first-order chi connectivity index (χ1) is 15.0. The Morgan fingerprint density at radius 3 is 2.26 bits per heavy atom. The Morgan fingerprint density at radius 1 is 0.903 bits per heavy atom. The largest absolute Gasteiger partial charge is 0.374 e. The van der Waals surface area contributed by atoms with Crippen molar-refractivity contribution < 1.29 is 9.18 Å². The molecule has 1 amide bonds. The predicted octanol–water partition coefficient (Wildman–Crippen LogP) is 6.96. The molecule has 0 radical (unpaired) electrons. The van der Waals surface area contributed by atoms with Crippen molar-refractivity contribution in [1.29, 1.82) is 0 Å². The Balaban J connectivity index is 1.76. The van der Waals surface area contributed by atoms with Crippen LogP contribution in [-0.2, 0) is 0 Å². The molecule has 3 nitrogen and oxygen atoms in total. The van der Waals surface area contributed by atoms with Crippen LogP contribution in [-0.4, -0.2) is 5.91 Å². The molecular weight excluding hydrogens is 407 g/mol. The Hall–Kier alpha value is -3.44.